The first-order valence-corrected chi connectivity index (χ1v) is 9.71. The highest BCUT2D eigenvalue weighted by molar-refractivity contribution is 7.89. The van der Waals surface area contributed by atoms with Crippen LogP contribution in [0.25, 0.3) is 0 Å². The second kappa shape index (κ2) is 7.01. The van der Waals surface area contributed by atoms with E-state index in [9.17, 15) is 21.6 Å². The second-order valence-electron chi connectivity index (χ2n) is 6.50. The minimum atomic E-state index is -3.69. The van der Waals surface area contributed by atoms with E-state index in [1.165, 1.54) is 16.8 Å². The van der Waals surface area contributed by atoms with Gasteiger partial charge in [-0.15, -0.1) is 0 Å². The van der Waals surface area contributed by atoms with Crippen LogP contribution in [0.3, 0.4) is 0 Å². The molecule has 146 valence electrons. The molecule has 0 saturated heterocycles. The normalized spacial score (nSPS) is 19.8. The van der Waals surface area contributed by atoms with Gasteiger partial charge >= 0.3 is 0 Å². The van der Waals surface area contributed by atoms with Gasteiger partial charge in [-0.2, -0.15) is 0 Å². The van der Waals surface area contributed by atoms with Crippen LogP contribution in [0.5, 0.6) is 0 Å². The highest BCUT2D eigenvalue weighted by Crippen LogP contribution is 2.29. The van der Waals surface area contributed by atoms with Gasteiger partial charge in [0.2, 0.25) is 10.0 Å². The number of nitrogens with one attached hydrogen (secondary N) is 1. The van der Waals surface area contributed by atoms with Crippen molar-refractivity contribution in [3.8, 4) is 0 Å². The monoisotopic (exact) mass is 400 g/mol. The lowest BCUT2D eigenvalue weighted by Crippen LogP contribution is -2.30. The molecule has 1 aromatic carbocycles. The fraction of sp³-hybridized carbons (Fsp3) is 0.353. The number of nitrogens with two attached hydrogens (primary N) is 1. The molecule has 0 fully saturated rings. The number of rotatable bonds is 3. The molecule has 2 aromatic rings. The van der Waals surface area contributed by atoms with E-state index in [0.29, 0.717) is 24.1 Å². The van der Waals surface area contributed by atoms with Crippen molar-refractivity contribution in [2.45, 2.75) is 37.1 Å². The molecular formula is C17H19F3N4O2S. The minimum Gasteiger partial charge on any atom is -0.382 e. The van der Waals surface area contributed by atoms with Gasteiger partial charge in [-0.3, -0.25) is 0 Å². The van der Waals surface area contributed by atoms with Crippen molar-refractivity contribution < 1.29 is 21.6 Å². The lowest BCUT2D eigenvalue weighted by atomic mass is 10.1. The Morgan fingerprint density at radius 3 is 2.78 bits per heavy atom. The smallest absolute Gasteiger partial charge is 0.266 e. The molecule has 6 nitrogen and oxygen atoms in total. The number of aliphatic imine (C=N–C) groups is 1. The van der Waals surface area contributed by atoms with Crippen LogP contribution in [0.1, 0.15) is 36.6 Å². The summed E-state index contributed by atoms with van der Waals surface area (Å²) in [4.78, 5) is 4.23. The summed E-state index contributed by atoms with van der Waals surface area (Å²) >= 11 is 0. The molecule has 3 rings (SSSR count). The van der Waals surface area contributed by atoms with Crippen molar-refractivity contribution in [3.05, 3.63) is 47.0 Å². The Morgan fingerprint density at radius 2 is 2.11 bits per heavy atom. The zero-order valence-corrected chi connectivity index (χ0v) is 15.5. The van der Waals surface area contributed by atoms with E-state index in [0.717, 1.165) is 12.1 Å². The maximum atomic E-state index is 13.5. The van der Waals surface area contributed by atoms with E-state index in [2.05, 4.69) is 9.71 Å². The molecule has 0 unspecified atom stereocenters. The van der Waals surface area contributed by atoms with E-state index in [1.54, 1.807) is 14.0 Å². The van der Waals surface area contributed by atoms with Crippen LogP contribution < -0.4 is 10.5 Å². The van der Waals surface area contributed by atoms with E-state index in [4.69, 9.17) is 5.73 Å². The summed E-state index contributed by atoms with van der Waals surface area (Å²) in [6, 6.07) is 2.82. The molecule has 27 heavy (non-hydrogen) atoms. The number of hydrogen-bond donors (Lipinski definition) is 2. The van der Waals surface area contributed by atoms with Crippen molar-refractivity contribution in [3.63, 3.8) is 0 Å². The second-order valence-corrected chi connectivity index (χ2v) is 8.18. The number of halogens is 3. The van der Waals surface area contributed by atoms with Gasteiger partial charge in [0.25, 0.3) is 6.43 Å². The number of fused-ring (bicyclic) bond motifs is 1. The lowest BCUT2D eigenvalue weighted by molar-refractivity contribution is 0.146. The summed E-state index contributed by atoms with van der Waals surface area (Å²) < 4.78 is 68.3. The summed E-state index contributed by atoms with van der Waals surface area (Å²) in [7, 11) is -2.06. The fourth-order valence-corrected chi connectivity index (χ4v) is 4.76. The number of aryl methyl sites for hydroxylation is 1. The molecule has 2 heterocycles. The van der Waals surface area contributed by atoms with Gasteiger partial charge in [0.05, 0.1) is 16.9 Å². The van der Waals surface area contributed by atoms with Crippen molar-refractivity contribution in [2.24, 2.45) is 17.8 Å². The number of sulfonamides is 1. The summed E-state index contributed by atoms with van der Waals surface area (Å²) in [5.41, 5.74) is 6.27. The largest absolute Gasteiger partial charge is 0.382 e. The molecule has 0 radical (unpaired) electrons. The Hall–Kier alpha value is -2.33. The van der Waals surface area contributed by atoms with Crippen LogP contribution >= 0.6 is 0 Å². The van der Waals surface area contributed by atoms with Gasteiger partial charge in [-0.1, -0.05) is 0 Å². The van der Waals surface area contributed by atoms with Crippen LogP contribution in [-0.2, 0) is 23.5 Å². The molecule has 0 amide bonds. The Labute approximate surface area is 154 Å². The van der Waals surface area contributed by atoms with E-state index >= 15 is 0 Å². The molecule has 10 heteroatoms. The molecule has 0 saturated carbocycles. The molecule has 1 aliphatic heterocycles. The van der Waals surface area contributed by atoms with Crippen molar-refractivity contribution in [1.82, 2.24) is 9.29 Å². The number of aromatic nitrogens is 1. The average molecular weight is 400 g/mol. The van der Waals surface area contributed by atoms with Gasteiger partial charge in [-0.25, -0.2) is 31.3 Å². The highest BCUT2D eigenvalue weighted by Gasteiger charge is 2.30. The first kappa shape index (κ1) is 19.4. The topological polar surface area (TPSA) is 89.5 Å². The Morgan fingerprint density at radius 1 is 1.41 bits per heavy atom. The highest BCUT2D eigenvalue weighted by atomic mass is 32.2. The third kappa shape index (κ3) is 3.72. The number of amidine groups is 1. The average Bonchev–Trinajstić information content (AvgIpc) is 2.86. The van der Waals surface area contributed by atoms with Crippen LogP contribution in [0, 0.1) is 5.82 Å². The third-order valence-electron chi connectivity index (χ3n) is 4.43. The SMILES string of the molecule is C[C@H]1CCc2c(cn(C)c2C(N)=Nc2ccc(F)c(C(F)F)c2)S(=O)(=O)N1. The fourth-order valence-electron chi connectivity index (χ4n) is 3.16. The summed E-state index contributed by atoms with van der Waals surface area (Å²) in [5, 5.41) is 0. The van der Waals surface area contributed by atoms with Gasteiger partial charge in [0, 0.05) is 24.8 Å². The maximum absolute atomic E-state index is 13.5. The Kier molecular flexibility index (Phi) is 5.04. The molecule has 0 aliphatic carbocycles. The van der Waals surface area contributed by atoms with Crippen molar-refractivity contribution in [2.75, 3.05) is 0 Å². The van der Waals surface area contributed by atoms with E-state index in [1.807, 2.05) is 0 Å². The Bertz CT molecular complexity index is 1020. The maximum Gasteiger partial charge on any atom is 0.266 e. The number of hydrogen-bond acceptors (Lipinski definition) is 3. The van der Waals surface area contributed by atoms with Gasteiger partial charge in [-0.05, 0) is 38.0 Å². The predicted molar refractivity (Wildman–Crippen MR) is 95.3 cm³/mol. The van der Waals surface area contributed by atoms with Crippen LogP contribution in [0.4, 0.5) is 18.9 Å². The number of alkyl halides is 2. The summed E-state index contributed by atoms with van der Waals surface area (Å²) in [6.07, 6.45) is -0.503. The standard InChI is InChI=1S/C17H19F3N4O2S/c1-9-3-5-11-14(27(25,26)23-9)8-24(2)15(11)17(21)22-10-4-6-13(18)12(7-10)16(19)20/h4,6-9,16,23H,3,5H2,1-2H3,(H2,21,22)/t9-/m0/s1. The van der Waals surface area contributed by atoms with Gasteiger partial charge in [0.1, 0.15) is 16.5 Å². The van der Waals surface area contributed by atoms with Crippen molar-refractivity contribution in [1.29, 1.82) is 0 Å². The molecule has 1 atom stereocenters. The zero-order valence-electron chi connectivity index (χ0n) is 14.7. The number of nitrogens with zero attached hydrogens (tertiary/aromatic N) is 2. The van der Waals surface area contributed by atoms with Crippen LogP contribution in [0.15, 0.2) is 34.3 Å². The van der Waals surface area contributed by atoms with Crippen molar-refractivity contribution >= 4 is 21.5 Å². The lowest BCUT2D eigenvalue weighted by Gasteiger charge is -2.09. The van der Waals surface area contributed by atoms with Crippen LogP contribution in [-0.4, -0.2) is 24.9 Å². The van der Waals surface area contributed by atoms with E-state index in [-0.39, 0.29) is 22.5 Å². The zero-order chi connectivity index (χ0) is 19.9. The summed E-state index contributed by atoms with van der Waals surface area (Å²) in [5.74, 6) is -1.06. The molecular weight excluding hydrogens is 381 g/mol. The minimum absolute atomic E-state index is 0.0321. The van der Waals surface area contributed by atoms with E-state index < -0.39 is 27.8 Å². The van der Waals surface area contributed by atoms with Gasteiger partial charge in [0.15, 0.2) is 0 Å². The first-order valence-electron chi connectivity index (χ1n) is 8.23. The molecule has 0 spiro atoms. The van der Waals surface area contributed by atoms with Crippen LogP contribution in [0.2, 0.25) is 0 Å². The predicted octanol–water partition coefficient (Wildman–Crippen LogP) is 2.75. The molecule has 0 bridgehead atoms. The molecule has 3 N–H and O–H groups in total. The molecule has 1 aromatic heterocycles. The first-order chi connectivity index (χ1) is 12.6. The Balaban J connectivity index is 2.09. The number of benzene rings is 1. The third-order valence-corrected chi connectivity index (χ3v) is 6.07. The summed E-state index contributed by atoms with van der Waals surface area (Å²) in [6.45, 7) is 1.77. The quantitative estimate of drug-likeness (QED) is 0.613. The molecule has 1 aliphatic rings. The van der Waals surface area contributed by atoms with Gasteiger partial charge < -0.3 is 10.3 Å².